The second-order valence-electron chi connectivity index (χ2n) is 5.67. The number of aromatic nitrogens is 2. The molecule has 0 N–H and O–H groups in total. The molecule has 0 radical (unpaired) electrons. The van der Waals surface area contributed by atoms with Crippen molar-refractivity contribution in [1.29, 1.82) is 0 Å². The predicted octanol–water partition coefficient (Wildman–Crippen LogP) is 1.91. The SMILES string of the molecule is CN(CCS(C)(=O)=O)c1cc(Cl)nc(C(C)(C)C)n1. The van der Waals surface area contributed by atoms with Gasteiger partial charge in [0, 0.05) is 31.3 Å². The van der Waals surface area contributed by atoms with Crippen LogP contribution in [0.1, 0.15) is 26.6 Å². The van der Waals surface area contributed by atoms with Crippen LogP contribution in [0.5, 0.6) is 0 Å². The number of hydrogen-bond acceptors (Lipinski definition) is 5. The Balaban J connectivity index is 2.98. The van der Waals surface area contributed by atoms with E-state index in [1.807, 2.05) is 20.8 Å². The Morgan fingerprint density at radius 2 is 1.89 bits per heavy atom. The van der Waals surface area contributed by atoms with Gasteiger partial charge in [0.15, 0.2) is 0 Å². The van der Waals surface area contributed by atoms with E-state index < -0.39 is 9.84 Å². The second-order valence-corrected chi connectivity index (χ2v) is 8.32. The molecule has 19 heavy (non-hydrogen) atoms. The van der Waals surface area contributed by atoms with Crippen molar-refractivity contribution >= 4 is 27.3 Å². The van der Waals surface area contributed by atoms with Gasteiger partial charge in [-0.3, -0.25) is 0 Å². The lowest BCUT2D eigenvalue weighted by atomic mass is 9.96. The first-order chi connectivity index (χ1) is 8.49. The Bertz CT molecular complexity index is 553. The molecule has 1 aromatic rings. The van der Waals surface area contributed by atoms with Gasteiger partial charge in [-0.05, 0) is 0 Å². The topological polar surface area (TPSA) is 63.2 Å². The number of sulfone groups is 1. The number of hydrogen-bond donors (Lipinski definition) is 0. The summed E-state index contributed by atoms with van der Waals surface area (Å²) in [4.78, 5) is 10.4. The van der Waals surface area contributed by atoms with Crippen LogP contribution in [0.2, 0.25) is 5.15 Å². The van der Waals surface area contributed by atoms with Crippen LogP contribution in [0.3, 0.4) is 0 Å². The van der Waals surface area contributed by atoms with E-state index in [0.29, 0.717) is 23.3 Å². The molecule has 1 aromatic heterocycles. The third-order valence-corrected chi connectivity index (χ3v) is 3.66. The molecule has 7 heteroatoms. The van der Waals surface area contributed by atoms with Crippen LogP contribution in [0.15, 0.2) is 6.07 Å². The monoisotopic (exact) mass is 305 g/mol. The summed E-state index contributed by atoms with van der Waals surface area (Å²) in [5.74, 6) is 1.35. The fraction of sp³-hybridized carbons (Fsp3) is 0.667. The van der Waals surface area contributed by atoms with Crippen LogP contribution in [-0.2, 0) is 15.3 Å². The Hall–Kier alpha value is -0.880. The third kappa shape index (κ3) is 5.32. The molecule has 0 aliphatic heterocycles. The van der Waals surface area contributed by atoms with Gasteiger partial charge in [-0.2, -0.15) is 0 Å². The zero-order valence-corrected chi connectivity index (χ0v) is 13.5. The normalized spacial score (nSPS) is 12.5. The van der Waals surface area contributed by atoms with E-state index in [2.05, 4.69) is 9.97 Å². The maximum absolute atomic E-state index is 11.2. The van der Waals surface area contributed by atoms with Crippen molar-refractivity contribution in [3.05, 3.63) is 17.0 Å². The van der Waals surface area contributed by atoms with Crippen molar-refractivity contribution in [3.8, 4) is 0 Å². The van der Waals surface area contributed by atoms with E-state index in [9.17, 15) is 8.42 Å². The molecule has 0 saturated heterocycles. The highest BCUT2D eigenvalue weighted by molar-refractivity contribution is 7.90. The smallest absolute Gasteiger partial charge is 0.149 e. The fourth-order valence-electron chi connectivity index (χ4n) is 1.35. The molecule has 1 heterocycles. The first-order valence-electron chi connectivity index (χ1n) is 5.93. The number of anilines is 1. The Morgan fingerprint density at radius 1 is 1.32 bits per heavy atom. The van der Waals surface area contributed by atoms with Crippen LogP contribution >= 0.6 is 11.6 Å². The van der Waals surface area contributed by atoms with Gasteiger partial charge in [0.25, 0.3) is 0 Å². The van der Waals surface area contributed by atoms with E-state index in [-0.39, 0.29) is 11.2 Å². The molecule has 0 aliphatic rings. The molecule has 0 fully saturated rings. The molecule has 0 aliphatic carbocycles. The third-order valence-electron chi connectivity index (χ3n) is 2.54. The van der Waals surface area contributed by atoms with Gasteiger partial charge in [-0.1, -0.05) is 32.4 Å². The van der Waals surface area contributed by atoms with Crippen molar-refractivity contribution in [1.82, 2.24) is 9.97 Å². The molecule has 1 rings (SSSR count). The summed E-state index contributed by atoms with van der Waals surface area (Å²) < 4.78 is 22.3. The average molecular weight is 306 g/mol. The zero-order valence-electron chi connectivity index (χ0n) is 11.9. The van der Waals surface area contributed by atoms with Crippen LogP contribution in [-0.4, -0.2) is 44.0 Å². The predicted molar refractivity (Wildman–Crippen MR) is 78.7 cm³/mol. The Morgan fingerprint density at radius 3 is 2.37 bits per heavy atom. The van der Waals surface area contributed by atoms with Crippen LogP contribution in [0.25, 0.3) is 0 Å². The zero-order chi connectivity index (χ0) is 14.8. The molecule has 0 bridgehead atoms. The lowest BCUT2D eigenvalue weighted by molar-refractivity contribution is 0.544. The van der Waals surface area contributed by atoms with E-state index in [0.717, 1.165) is 0 Å². The van der Waals surface area contributed by atoms with Crippen LogP contribution in [0.4, 0.5) is 5.82 Å². The molecule has 5 nitrogen and oxygen atoms in total. The van der Waals surface area contributed by atoms with E-state index in [1.165, 1.54) is 6.26 Å². The molecular formula is C12H20ClN3O2S. The second kappa shape index (κ2) is 5.63. The van der Waals surface area contributed by atoms with Crippen molar-refractivity contribution < 1.29 is 8.42 Å². The lowest BCUT2D eigenvalue weighted by Gasteiger charge is -2.22. The summed E-state index contributed by atoms with van der Waals surface area (Å²) >= 11 is 5.99. The quantitative estimate of drug-likeness (QED) is 0.795. The minimum Gasteiger partial charge on any atom is -0.359 e. The standard InChI is InChI=1S/C12H20ClN3O2S/c1-12(2,3)11-14-9(13)8-10(15-11)16(4)6-7-19(5,17)18/h8H,6-7H2,1-5H3. The highest BCUT2D eigenvalue weighted by Gasteiger charge is 2.20. The van der Waals surface area contributed by atoms with E-state index >= 15 is 0 Å². The summed E-state index contributed by atoms with van der Waals surface area (Å²) in [6, 6.07) is 1.64. The summed E-state index contributed by atoms with van der Waals surface area (Å²) in [6.45, 7) is 6.37. The minimum atomic E-state index is -2.99. The maximum atomic E-state index is 11.2. The molecule has 0 saturated carbocycles. The largest absolute Gasteiger partial charge is 0.359 e. The van der Waals surface area contributed by atoms with E-state index in [4.69, 9.17) is 11.6 Å². The average Bonchev–Trinajstić information content (AvgIpc) is 2.22. The highest BCUT2D eigenvalue weighted by Crippen LogP contribution is 2.23. The number of halogens is 1. The van der Waals surface area contributed by atoms with Gasteiger partial charge in [0.2, 0.25) is 0 Å². The summed E-state index contributed by atoms with van der Waals surface area (Å²) in [5.41, 5.74) is -0.211. The molecule has 0 unspecified atom stereocenters. The Kier molecular flexibility index (Phi) is 4.79. The Labute approximate surface area is 119 Å². The van der Waals surface area contributed by atoms with Crippen molar-refractivity contribution in [3.63, 3.8) is 0 Å². The highest BCUT2D eigenvalue weighted by atomic mass is 35.5. The van der Waals surface area contributed by atoms with Crippen molar-refractivity contribution in [2.24, 2.45) is 0 Å². The maximum Gasteiger partial charge on any atom is 0.149 e. The van der Waals surface area contributed by atoms with E-state index in [1.54, 1.807) is 18.0 Å². The van der Waals surface area contributed by atoms with Gasteiger partial charge in [-0.15, -0.1) is 0 Å². The van der Waals surface area contributed by atoms with Gasteiger partial charge in [0.05, 0.1) is 5.75 Å². The fourth-order valence-corrected chi connectivity index (χ4v) is 2.14. The molecule has 0 atom stereocenters. The summed E-state index contributed by atoms with van der Waals surface area (Å²) in [5, 5.41) is 0.362. The van der Waals surface area contributed by atoms with Crippen molar-refractivity contribution in [2.45, 2.75) is 26.2 Å². The van der Waals surface area contributed by atoms with Gasteiger partial charge < -0.3 is 4.90 Å². The molecule has 0 aromatic carbocycles. The molecule has 0 amide bonds. The minimum absolute atomic E-state index is 0.0793. The summed E-state index contributed by atoms with van der Waals surface area (Å²) in [6.07, 6.45) is 1.22. The van der Waals surface area contributed by atoms with Crippen LogP contribution in [0, 0.1) is 0 Å². The molecule has 108 valence electrons. The first-order valence-corrected chi connectivity index (χ1v) is 8.37. The first kappa shape index (κ1) is 16.2. The number of rotatable bonds is 4. The van der Waals surface area contributed by atoms with Gasteiger partial charge >= 0.3 is 0 Å². The molecule has 0 spiro atoms. The van der Waals surface area contributed by atoms with Gasteiger partial charge in [-0.25, -0.2) is 18.4 Å². The van der Waals surface area contributed by atoms with Crippen molar-refractivity contribution in [2.75, 3.05) is 30.5 Å². The van der Waals surface area contributed by atoms with Gasteiger partial charge in [0.1, 0.15) is 26.6 Å². The number of nitrogens with zero attached hydrogens (tertiary/aromatic N) is 3. The summed E-state index contributed by atoms with van der Waals surface area (Å²) in [7, 11) is -1.21. The van der Waals surface area contributed by atoms with Crippen LogP contribution < -0.4 is 4.90 Å². The molecular weight excluding hydrogens is 286 g/mol. The lowest BCUT2D eigenvalue weighted by Crippen LogP contribution is -2.27.